The molecule has 0 saturated carbocycles. The fraction of sp³-hybridized carbons (Fsp3) is 0.500. The van der Waals surface area contributed by atoms with Crippen LogP contribution in [0, 0.1) is 0 Å². The molecule has 6 nitrogen and oxygen atoms in total. The van der Waals surface area contributed by atoms with Crippen LogP contribution in [0.15, 0.2) is 16.1 Å². The average molecular weight is 253 g/mol. The Morgan fingerprint density at radius 2 is 2.35 bits per heavy atom. The zero-order valence-electron chi connectivity index (χ0n) is 9.80. The van der Waals surface area contributed by atoms with E-state index in [1.807, 2.05) is 20.0 Å². The summed E-state index contributed by atoms with van der Waals surface area (Å²) in [5.74, 6) is 0.596. The first-order valence-corrected chi connectivity index (χ1v) is 6.35. The lowest BCUT2D eigenvalue weighted by molar-refractivity contribution is 0.429. The van der Waals surface area contributed by atoms with Crippen LogP contribution >= 0.6 is 11.3 Å². The summed E-state index contributed by atoms with van der Waals surface area (Å²) in [5.41, 5.74) is 1.80. The Balaban J connectivity index is 1.89. The Morgan fingerprint density at radius 1 is 1.47 bits per heavy atom. The summed E-state index contributed by atoms with van der Waals surface area (Å²) in [6, 6.07) is 0.518. The third kappa shape index (κ3) is 3.24. The minimum atomic E-state index is 0.0754. The van der Waals surface area contributed by atoms with E-state index in [2.05, 4.69) is 25.8 Å². The molecular formula is C10H15N5OS. The number of anilines is 1. The maximum Gasteiger partial charge on any atom is 0.315 e. The maximum absolute atomic E-state index is 5.48. The van der Waals surface area contributed by atoms with Gasteiger partial charge in [-0.25, -0.2) is 0 Å². The molecule has 1 atom stereocenters. The van der Waals surface area contributed by atoms with E-state index in [0.29, 0.717) is 18.5 Å². The van der Waals surface area contributed by atoms with Crippen molar-refractivity contribution in [2.24, 2.45) is 0 Å². The molecule has 2 aromatic heterocycles. The average Bonchev–Trinajstić information content (AvgIpc) is 2.98. The van der Waals surface area contributed by atoms with Gasteiger partial charge in [0, 0.05) is 11.1 Å². The van der Waals surface area contributed by atoms with Gasteiger partial charge in [0.1, 0.15) is 0 Å². The normalized spacial score (nSPS) is 12.6. The molecule has 0 bridgehead atoms. The summed E-state index contributed by atoms with van der Waals surface area (Å²) in [6.45, 7) is 5.55. The van der Waals surface area contributed by atoms with Gasteiger partial charge >= 0.3 is 6.01 Å². The first-order valence-electron chi connectivity index (χ1n) is 5.47. The number of rotatable bonds is 6. The number of nitrogens with one attached hydrogen (secondary N) is 2. The molecule has 7 heteroatoms. The summed E-state index contributed by atoms with van der Waals surface area (Å²) in [7, 11) is 0. The van der Waals surface area contributed by atoms with Crippen molar-refractivity contribution >= 4 is 17.4 Å². The van der Waals surface area contributed by atoms with Gasteiger partial charge in [0.25, 0.3) is 0 Å². The van der Waals surface area contributed by atoms with Gasteiger partial charge in [0.2, 0.25) is 5.89 Å². The first kappa shape index (κ1) is 12.0. The lowest BCUT2D eigenvalue weighted by Crippen LogP contribution is -2.17. The van der Waals surface area contributed by atoms with Crippen molar-refractivity contribution in [3.05, 3.63) is 22.5 Å². The largest absolute Gasteiger partial charge is 0.406 e. The molecule has 2 aromatic rings. The molecule has 0 amide bonds. The minimum Gasteiger partial charge on any atom is -0.406 e. The molecule has 0 aliphatic heterocycles. The van der Waals surface area contributed by atoms with E-state index in [0.717, 1.165) is 11.4 Å². The van der Waals surface area contributed by atoms with E-state index in [4.69, 9.17) is 4.42 Å². The quantitative estimate of drug-likeness (QED) is 0.817. The van der Waals surface area contributed by atoms with E-state index in [1.54, 1.807) is 16.8 Å². The van der Waals surface area contributed by atoms with E-state index in [-0.39, 0.29) is 6.04 Å². The predicted octanol–water partition coefficient (Wildman–Crippen LogP) is 1.81. The third-order valence-electron chi connectivity index (χ3n) is 2.22. The van der Waals surface area contributed by atoms with E-state index in [9.17, 15) is 0 Å². The lowest BCUT2D eigenvalue weighted by Gasteiger charge is -2.05. The highest BCUT2D eigenvalue weighted by molar-refractivity contribution is 7.09. The van der Waals surface area contributed by atoms with Crippen molar-refractivity contribution in [1.82, 2.24) is 20.5 Å². The van der Waals surface area contributed by atoms with Crippen molar-refractivity contribution < 1.29 is 4.42 Å². The molecule has 0 fully saturated rings. The van der Waals surface area contributed by atoms with E-state index >= 15 is 0 Å². The summed E-state index contributed by atoms with van der Waals surface area (Å²) in [6.07, 6.45) is 1.82. The van der Waals surface area contributed by atoms with Gasteiger partial charge in [-0.15, -0.1) is 16.4 Å². The maximum atomic E-state index is 5.48. The van der Waals surface area contributed by atoms with Crippen LogP contribution in [0.4, 0.5) is 6.01 Å². The highest BCUT2D eigenvalue weighted by Gasteiger charge is 2.12. The Morgan fingerprint density at radius 3 is 3.06 bits per heavy atom. The molecule has 2 N–H and O–H groups in total. The molecule has 17 heavy (non-hydrogen) atoms. The Labute approximate surface area is 103 Å². The van der Waals surface area contributed by atoms with E-state index in [1.165, 1.54) is 0 Å². The summed E-state index contributed by atoms with van der Waals surface area (Å²) in [5, 5.41) is 14.2. The minimum absolute atomic E-state index is 0.0754. The van der Waals surface area contributed by atoms with Crippen LogP contribution in [0.5, 0.6) is 0 Å². The predicted molar refractivity (Wildman–Crippen MR) is 65.8 cm³/mol. The Hall–Kier alpha value is -1.47. The first-order chi connectivity index (χ1) is 8.29. The van der Waals surface area contributed by atoms with Crippen molar-refractivity contribution in [3.8, 4) is 0 Å². The monoisotopic (exact) mass is 253 g/mol. The lowest BCUT2D eigenvalue weighted by atomic mass is 10.3. The van der Waals surface area contributed by atoms with Gasteiger partial charge in [-0.2, -0.15) is 0 Å². The molecule has 0 spiro atoms. The number of hydrogen-bond donors (Lipinski definition) is 2. The fourth-order valence-electron chi connectivity index (χ4n) is 1.37. The number of hydrogen-bond acceptors (Lipinski definition) is 7. The molecule has 0 saturated heterocycles. The van der Waals surface area contributed by atoms with Crippen LogP contribution in [0.1, 0.15) is 30.7 Å². The van der Waals surface area contributed by atoms with Crippen molar-refractivity contribution in [1.29, 1.82) is 0 Å². The molecule has 0 aliphatic rings. The SMILES string of the molecule is CCNC(C)c1nnc(NCc2cncs2)o1. The van der Waals surface area contributed by atoms with Gasteiger partial charge in [-0.3, -0.25) is 4.98 Å². The van der Waals surface area contributed by atoms with Crippen LogP contribution < -0.4 is 10.6 Å². The van der Waals surface area contributed by atoms with Crippen molar-refractivity contribution in [2.45, 2.75) is 26.4 Å². The van der Waals surface area contributed by atoms with Crippen LogP contribution in [0.2, 0.25) is 0 Å². The Bertz CT molecular complexity index is 441. The molecule has 2 rings (SSSR count). The molecule has 0 aromatic carbocycles. The van der Waals surface area contributed by atoms with Gasteiger partial charge in [0.05, 0.1) is 18.1 Å². The number of thiazole rings is 1. The second-order valence-electron chi connectivity index (χ2n) is 3.55. The van der Waals surface area contributed by atoms with Gasteiger partial charge < -0.3 is 15.1 Å². The molecule has 0 aliphatic carbocycles. The highest BCUT2D eigenvalue weighted by Crippen LogP contribution is 2.14. The zero-order valence-corrected chi connectivity index (χ0v) is 10.6. The van der Waals surface area contributed by atoms with Gasteiger partial charge in [-0.1, -0.05) is 12.0 Å². The van der Waals surface area contributed by atoms with Crippen molar-refractivity contribution in [2.75, 3.05) is 11.9 Å². The summed E-state index contributed by atoms with van der Waals surface area (Å²) in [4.78, 5) is 5.12. The number of aromatic nitrogens is 3. The molecule has 2 heterocycles. The highest BCUT2D eigenvalue weighted by atomic mass is 32.1. The fourth-order valence-corrected chi connectivity index (χ4v) is 1.90. The van der Waals surface area contributed by atoms with Gasteiger partial charge in [0.15, 0.2) is 0 Å². The Kier molecular flexibility index (Phi) is 4.05. The molecule has 92 valence electrons. The second kappa shape index (κ2) is 5.74. The van der Waals surface area contributed by atoms with Crippen LogP contribution in [-0.4, -0.2) is 21.7 Å². The van der Waals surface area contributed by atoms with Crippen molar-refractivity contribution in [3.63, 3.8) is 0 Å². The van der Waals surface area contributed by atoms with Crippen LogP contribution in [0.25, 0.3) is 0 Å². The molecular weight excluding hydrogens is 238 g/mol. The summed E-state index contributed by atoms with van der Waals surface area (Å²) < 4.78 is 5.48. The molecule has 0 radical (unpaired) electrons. The number of nitrogens with zero attached hydrogens (tertiary/aromatic N) is 3. The van der Waals surface area contributed by atoms with Gasteiger partial charge in [-0.05, 0) is 13.5 Å². The van der Waals surface area contributed by atoms with E-state index < -0.39 is 0 Å². The third-order valence-corrected chi connectivity index (χ3v) is 3.00. The smallest absolute Gasteiger partial charge is 0.315 e. The van der Waals surface area contributed by atoms with Crippen LogP contribution in [-0.2, 0) is 6.54 Å². The molecule has 1 unspecified atom stereocenters. The zero-order chi connectivity index (χ0) is 12.1. The topological polar surface area (TPSA) is 75.9 Å². The van der Waals surface area contributed by atoms with Crippen LogP contribution in [0.3, 0.4) is 0 Å². The summed E-state index contributed by atoms with van der Waals surface area (Å²) >= 11 is 1.59. The standard InChI is InChI=1S/C10H15N5OS/c1-3-12-7(2)9-14-15-10(16-9)13-5-8-4-11-6-17-8/h4,6-7,12H,3,5H2,1-2H3,(H,13,15). The second-order valence-corrected chi connectivity index (χ2v) is 4.52.